The van der Waals surface area contributed by atoms with Gasteiger partial charge in [0.15, 0.2) is 0 Å². The van der Waals surface area contributed by atoms with Crippen molar-refractivity contribution in [3.05, 3.63) is 35.9 Å². The topological polar surface area (TPSA) is 41.6 Å². The van der Waals surface area contributed by atoms with Crippen LogP contribution in [-0.4, -0.2) is 44.2 Å². The van der Waals surface area contributed by atoms with Gasteiger partial charge in [-0.25, -0.2) is 0 Å². The largest absolute Gasteiger partial charge is 0.383 e. The fourth-order valence-electron chi connectivity index (χ4n) is 2.02. The Bertz CT molecular complexity index is 364. The average Bonchev–Trinajstić information content (AvgIpc) is 2.45. The number of hydrogen-bond acceptors (Lipinski definition) is 3. The van der Waals surface area contributed by atoms with E-state index in [0.29, 0.717) is 13.2 Å². The van der Waals surface area contributed by atoms with E-state index in [1.807, 2.05) is 49.1 Å². The minimum Gasteiger partial charge on any atom is -0.383 e. The van der Waals surface area contributed by atoms with Gasteiger partial charge in [-0.1, -0.05) is 30.3 Å². The monoisotopic (exact) mass is 264 g/mol. The highest BCUT2D eigenvalue weighted by Crippen LogP contribution is 2.12. The van der Waals surface area contributed by atoms with Gasteiger partial charge in [0.2, 0.25) is 5.91 Å². The van der Waals surface area contributed by atoms with Crippen LogP contribution in [-0.2, 0) is 9.53 Å². The molecule has 0 heterocycles. The molecular formula is C15H24N2O2. The van der Waals surface area contributed by atoms with E-state index in [0.717, 1.165) is 18.7 Å². The Hall–Kier alpha value is -1.39. The number of benzene rings is 1. The van der Waals surface area contributed by atoms with Gasteiger partial charge in [-0.3, -0.25) is 10.1 Å². The van der Waals surface area contributed by atoms with Crippen molar-refractivity contribution in [3.63, 3.8) is 0 Å². The highest BCUT2D eigenvalue weighted by atomic mass is 16.5. The van der Waals surface area contributed by atoms with Crippen molar-refractivity contribution in [2.75, 3.05) is 33.4 Å². The maximum Gasteiger partial charge on any atom is 0.236 e. The molecule has 1 rings (SSSR count). The van der Waals surface area contributed by atoms with E-state index in [2.05, 4.69) is 5.32 Å². The molecule has 0 spiro atoms. The number of rotatable bonds is 8. The third kappa shape index (κ3) is 5.01. The average molecular weight is 264 g/mol. The summed E-state index contributed by atoms with van der Waals surface area (Å²) >= 11 is 0. The zero-order valence-corrected chi connectivity index (χ0v) is 12.1. The molecule has 1 aromatic carbocycles. The second-order valence-corrected chi connectivity index (χ2v) is 4.37. The van der Waals surface area contributed by atoms with Crippen molar-refractivity contribution in [2.45, 2.75) is 19.9 Å². The molecule has 0 fully saturated rings. The minimum absolute atomic E-state index is 0.0470. The maximum absolute atomic E-state index is 12.0. The summed E-state index contributed by atoms with van der Waals surface area (Å²) in [6, 6.07) is 10.1. The van der Waals surface area contributed by atoms with Gasteiger partial charge in [0.25, 0.3) is 0 Å². The van der Waals surface area contributed by atoms with Crippen LogP contribution in [0.1, 0.15) is 25.5 Å². The molecule has 0 aromatic heterocycles. The molecule has 1 atom stereocenters. The fourth-order valence-corrected chi connectivity index (χ4v) is 2.02. The molecule has 0 aliphatic rings. The Morgan fingerprint density at radius 1 is 1.26 bits per heavy atom. The highest BCUT2D eigenvalue weighted by molar-refractivity contribution is 5.78. The molecular weight excluding hydrogens is 240 g/mol. The number of amides is 1. The maximum atomic E-state index is 12.0. The summed E-state index contributed by atoms with van der Waals surface area (Å²) in [5.74, 6) is 0.127. The molecule has 1 unspecified atom stereocenters. The predicted octanol–water partition coefficient (Wildman–Crippen LogP) is 1.83. The van der Waals surface area contributed by atoms with Gasteiger partial charge in [-0.15, -0.1) is 0 Å². The smallest absolute Gasteiger partial charge is 0.236 e. The number of ether oxygens (including phenoxy) is 1. The van der Waals surface area contributed by atoms with Gasteiger partial charge in [0, 0.05) is 20.2 Å². The zero-order valence-electron chi connectivity index (χ0n) is 12.1. The van der Waals surface area contributed by atoms with Crippen LogP contribution in [0.15, 0.2) is 30.3 Å². The SMILES string of the molecule is CCN(CC)C(=O)CNC(COC)c1ccccc1. The van der Waals surface area contributed by atoms with Crippen LogP contribution in [0.2, 0.25) is 0 Å². The van der Waals surface area contributed by atoms with E-state index in [1.165, 1.54) is 0 Å². The van der Waals surface area contributed by atoms with Crippen LogP contribution in [0.5, 0.6) is 0 Å². The van der Waals surface area contributed by atoms with E-state index in [9.17, 15) is 4.79 Å². The van der Waals surface area contributed by atoms with Gasteiger partial charge in [-0.05, 0) is 19.4 Å². The lowest BCUT2D eigenvalue weighted by molar-refractivity contribution is -0.130. The van der Waals surface area contributed by atoms with E-state index < -0.39 is 0 Å². The highest BCUT2D eigenvalue weighted by Gasteiger charge is 2.14. The summed E-state index contributed by atoms with van der Waals surface area (Å²) < 4.78 is 5.22. The molecule has 19 heavy (non-hydrogen) atoms. The summed E-state index contributed by atoms with van der Waals surface area (Å²) in [5, 5.41) is 3.27. The second-order valence-electron chi connectivity index (χ2n) is 4.37. The Morgan fingerprint density at radius 3 is 2.42 bits per heavy atom. The molecule has 4 heteroatoms. The molecule has 1 N–H and O–H groups in total. The van der Waals surface area contributed by atoms with Crippen LogP contribution >= 0.6 is 0 Å². The standard InChI is InChI=1S/C15H24N2O2/c1-4-17(5-2)15(18)11-16-14(12-19-3)13-9-7-6-8-10-13/h6-10,14,16H,4-5,11-12H2,1-3H3. The van der Waals surface area contributed by atoms with Crippen molar-refractivity contribution >= 4 is 5.91 Å². The van der Waals surface area contributed by atoms with Crippen molar-refractivity contribution in [2.24, 2.45) is 0 Å². The summed E-state index contributed by atoms with van der Waals surface area (Å²) in [7, 11) is 1.67. The first-order valence-corrected chi connectivity index (χ1v) is 6.77. The second kappa shape index (κ2) is 8.67. The Balaban J connectivity index is 2.58. The van der Waals surface area contributed by atoms with Crippen LogP contribution < -0.4 is 5.32 Å². The number of carbonyl (C=O) groups is 1. The number of nitrogens with zero attached hydrogens (tertiary/aromatic N) is 1. The Morgan fingerprint density at radius 2 is 1.89 bits per heavy atom. The summed E-state index contributed by atoms with van der Waals surface area (Å²) in [6.45, 7) is 6.37. The van der Waals surface area contributed by atoms with Crippen molar-refractivity contribution in [3.8, 4) is 0 Å². The van der Waals surface area contributed by atoms with Gasteiger partial charge < -0.3 is 9.64 Å². The minimum atomic E-state index is 0.0470. The van der Waals surface area contributed by atoms with Gasteiger partial charge >= 0.3 is 0 Å². The molecule has 0 radical (unpaired) electrons. The van der Waals surface area contributed by atoms with Crippen molar-refractivity contribution in [1.82, 2.24) is 10.2 Å². The summed E-state index contributed by atoms with van der Waals surface area (Å²) in [4.78, 5) is 13.8. The lowest BCUT2D eigenvalue weighted by Gasteiger charge is -2.22. The van der Waals surface area contributed by atoms with Gasteiger partial charge in [0.05, 0.1) is 19.2 Å². The molecule has 0 bridgehead atoms. The first-order valence-electron chi connectivity index (χ1n) is 6.77. The van der Waals surface area contributed by atoms with E-state index >= 15 is 0 Å². The zero-order chi connectivity index (χ0) is 14.1. The van der Waals surface area contributed by atoms with Crippen LogP contribution in [0.25, 0.3) is 0 Å². The van der Waals surface area contributed by atoms with Gasteiger partial charge in [-0.2, -0.15) is 0 Å². The lowest BCUT2D eigenvalue weighted by Crippen LogP contribution is -2.40. The third-order valence-electron chi connectivity index (χ3n) is 3.15. The van der Waals surface area contributed by atoms with E-state index in [4.69, 9.17) is 4.74 Å². The summed E-state index contributed by atoms with van der Waals surface area (Å²) in [6.07, 6.45) is 0. The number of methoxy groups -OCH3 is 1. The van der Waals surface area contributed by atoms with Gasteiger partial charge in [0.1, 0.15) is 0 Å². The van der Waals surface area contributed by atoms with Crippen molar-refractivity contribution in [1.29, 1.82) is 0 Å². The predicted molar refractivity (Wildman–Crippen MR) is 77.0 cm³/mol. The molecule has 0 saturated heterocycles. The van der Waals surface area contributed by atoms with Crippen LogP contribution in [0.3, 0.4) is 0 Å². The molecule has 1 amide bonds. The fraction of sp³-hybridized carbons (Fsp3) is 0.533. The molecule has 0 aliphatic carbocycles. The molecule has 106 valence electrons. The normalized spacial score (nSPS) is 12.2. The molecule has 0 aliphatic heterocycles. The number of hydrogen-bond donors (Lipinski definition) is 1. The Labute approximate surface area is 115 Å². The molecule has 1 aromatic rings. The molecule has 0 saturated carbocycles. The number of nitrogens with one attached hydrogen (secondary N) is 1. The number of likely N-dealkylation sites (N-methyl/N-ethyl adjacent to an activating group) is 1. The first-order chi connectivity index (χ1) is 9.22. The van der Waals surface area contributed by atoms with E-state index in [-0.39, 0.29) is 11.9 Å². The molecule has 4 nitrogen and oxygen atoms in total. The first kappa shape index (κ1) is 15.7. The summed E-state index contributed by atoms with van der Waals surface area (Å²) in [5.41, 5.74) is 1.14. The van der Waals surface area contributed by atoms with Crippen molar-refractivity contribution < 1.29 is 9.53 Å². The van der Waals surface area contributed by atoms with E-state index in [1.54, 1.807) is 7.11 Å². The van der Waals surface area contributed by atoms with Crippen LogP contribution in [0, 0.1) is 0 Å². The third-order valence-corrected chi connectivity index (χ3v) is 3.15. The Kier molecular flexibility index (Phi) is 7.15. The van der Waals surface area contributed by atoms with Crippen LogP contribution in [0.4, 0.5) is 0 Å². The lowest BCUT2D eigenvalue weighted by atomic mass is 10.1. The number of carbonyl (C=O) groups excluding carboxylic acids is 1. The quantitative estimate of drug-likeness (QED) is 0.779.